The SMILES string of the molecule is CCN(CC/C(N)=N/O)C(=O)c1cc(C)ccc1Br. The molecular formula is C13H18BrN3O2. The molecule has 0 aromatic heterocycles. The third-order valence-corrected chi connectivity index (χ3v) is 3.48. The number of nitrogens with two attached hydrogens (primary N) is 1. The van der Waals surface area contributed by atoms with Crippen molar-refractivity contribution in [3.63, 3.8) is 0 Å². The van der Waals surface area contributed by atoms with Crippen LogP contribution in [0.3, 0.4) is 0 Å². The number of carbonyl (C=O) groups is 1. The molecule has 3 N–H and O–H groups in total. The number of hydrogen-bond acceptors (Lipinski definition) is 3. The Kier molecular flexibility index (Phi) is 5.82. The molecule has 0 bridgehead atoms. The monoisotopic (exact) mass is 327 g/mol. The van der Waals surface area contributed by atoms with Gasteiger partial charge in [0.25, 0.3) is 5.91 Å². The predicted octanol–water partition coefficient (Wildman–Crippen LogP) is 2.36. The van der Waals surface area contributed by atoms with Crippen molar-refractivity contribution in [2.24, 2.45) is 10.9 Å². The number of aryl methyl sites for hydroxylation is 1. The molecule has 0 saturated carbocycles. The maximum atomic E-state index is 12.4. The van der Waals surface area contributed by atoms with Crippen LogP contribution in [0.1, 0.15) is 29.3 Å². The van der Waals surface area contributed by atoms with E-state index in [1.54, 1.807) is 4.90 Å². The Morgan fingerprint density at radius 3 is 2.79 bits per heavy atom. The molecule has 0 saturated heterocycles. The fourth-order valence-electron chi connectivity index (χ4n) is 1.68. The summed E-state index contributed by atoms with van der Waals surface area (Å²) < 4.78 is 0.769. The predicted molar refractivity (Wildman–Crippen MR) is 78.5 cm³/mol. The highest BCUT2D eigenvalue weighted by Crippen LogP contribution is 2.20. The van der Waals surface area contributed by atoms with Gasteiger partial charge in [-0.1, -0.05) is 16.8 Å². The Bertz CT molecular complexity index is 489. The zero-order valence-electron chi connectivity index (χ0n) is 11.1. The van der Waals surface area contributed by atoms with Crippen LogP contribution in [-0.4, -0.2) is 34.9 Å². The summed E-state index contributed by atoms with van der Waals surface area (Å²) in [5.74, 6) is 0.0540. The number of oxime groups is 1. The minimum atomic E-state index is -0.0659. The van der Waals surface area contributed by atoms with Crippen LogP contribution < -0.4 is 5.73 Å². The highest BCUT2D eigenvalue weighted by molar-refractivity contribution is 9.10. The second kappa shape index (κ2) is 7.13. The quantitative estimate of drug-likeness (QED) is 0.377. The molecule has 0 aliphatic carbocycles. The highest BCUT2D eigenvalue weighted by atomic mass is 79.9. The lowest BCUT2D eigenvalue weighted by Crippen LogP contribution is -2.34. The van der Waals surface area contributed by atoms with Crippen LogP contribution in [0.15, 0.2) is 27.8 Å². The molecule has 1 aromatic carbocycles. The second-order valence-electron chi connectivity index (χ2n) is 4.21. The molecule has 5 nitrogen and oxygen atoms in total. The lowest BCUT2D eigenvalue weighted by Gasteiger charge is -2.21. The molecule has 0 spiro atoms. The standard InChI is InChI=1S/C13H18BrN3O2/c1-3-17(7-6-12(15)16-19)13(18)10-8-9(2)4-5-11(10)14/h4-5,8,19H,3,6-7H2,1-2H3,(H2,15,16). The summed E-state index contributed by atoms with van der Waals surface area (Å²) in [5, 5.41) is 11.4. The Morgan fingerprint density at radius 1 is 1.53 bits per heavy atom. The number of rotatable bonds is 5. The van der Waals surface area contributed by atoms with Crippen molar-refractivity contribution in [2.75, 3.05) is 13.1 Å². The van der Waals surface area contributed by atoms with Gasteiger partial charge in [-0.2, -0.15) is 0 Å². The van der Waals surface area contributed by atoms with Gasteiger partial charge in [-0.3, -0.25) is 4.79 Å². The summed E-state index contributed by atoms with van der Waals surface area (Å²) in [6.45, 7) is 4.83. The van der Waals surface area contributed by atoms with Gasteiger partial charge in [0.15, 0.2) is 0 Å². The molecule has 19 heavy (non-hydrogen) atoms. The summed E-state index contributed by atoms with van der Waals surface area (Å²) in [5.41, 5.74) is 7.07. The molecule has 104 valence electrons. The molecular weight excluding hydrogens is 310 g/mol. The van der Waals surface area contributed by atoms with E-state index in [1.165, 1.54) is 0 Å². The molecule has 6 heteroatoms. The van der Waals surface area contributed by atoms with Crippen molar-refractivity contribution in [3.05, 3.63) is 33.8 Å². The number of amidine groups is 1. The molecule has 0 aliphatic rings. The third kappa shape index (κ3) is 4.24. The second-order valence-corrected chi connectivity index (χ2v) is 5.06. The van der Waals surface area contributed by atoms with Gasteiger partial charge in [-0.15, -0.1) is 0 Å². The van der Waals surface area contributed by atoms with Crippen molar-refractivity contribution >= 4 is 27.7 Å². The topological polar surface area (TPSA) is 78.9 Å². The van der Waals surface area contributed by atoms with Crippen LogP contribution in [0.4, 0.5) is 0 Å². The molecule has 0 unspecified atom stereocenters. The van der Waals surface area contributed by atoms with Crippen molar-refractivity contribution in [2.45, 2.75) is 20.3 Å². The Morgan fingerprint density at radius 2 is 2.21 bits per heavy atom. The van der Waals surface area contributed by atoms with E-state index < -0.39 is 0 Å². The van der Waals surface area contributed by atoms with Gasteiger partial charge in [0.2, 0.25) is 0 Å². The van der Waals surface area contributed by atoms with Crippen LogP contribution in [0.5, 0.6) is 0 Å². The van der Waals surface area contributed by atoms with E-state index in [4.69, 9.17) is 10.9 Å². The Hall–Kier alpha value is -1.56. The lowest BCUT2D eigenvalue weighted by atomic mass is 10.1. The summed E-state index contributed by atoms with van der Waals surface area (Å²) >= 11 is 3.39. The van der Waals surface area contributed by atoms with Gasteiger partial charge in [0.1, 0.15) is 5.84 Å². The molecule has 0 heterocycles. The molecule has 1 amide bonds. The Balaban J connectivity index is 2.86. The van der Waals surface area contributed by atoms with Crippen LogP contribution in [0, 0.1) is 6.92 Å². The first-order valence-corrected chi connectivity index (χ1v) is 6.80. The zero-order chi connectivity index (χ0) is 14.4. The van der Waals surface area contributed by atoms with Gasteiger partial charge in [-0.25, -0.2) is 0 Å². The summed E-state index contributed by atoms with van der Waals surface area (Å²) in [7, 11) is 0. The number of benzene rings is 1. The first-order chi connectivity index (χ1) is 8.99. The van der Waals surface area contributed by atoms with Crippen molar-refractivity contribution in [1.29, 1.82) is 0 Å². The fourth-order valence-corrected chi connectivity index (χ4v) is 2.09. The first-order valence-electron chi connectivity index (χ1n) is 6.01. The lowest BCUT2D eigenvalue weighted by molar-refractivity contribution is 0.0767. The molecule has 1 rings (SSSR count). The van der Waals surface area contributed by atoms with Crippen LogP contribution in [-0.2, 0) is 0 Å². The van der Waals surface area contributed by atoms with Gasteiger partial charge in [-0.05, 0) is 41.9 Å². The average Bonchev–Trinajstić information content (AvgIpc) is 2.41. The smallest absolute Gasteiger partial charge is 0.255 e. The zero-order valence-corrected chi connectivity index (χ0v) is 12.6. The van der Waals surface area contributed by atoms with Crippen molar-refractivity contribution in [1.82, 2.24) is 4.90 Å². The summed E-state index contributed by atoms with van der Waals surface area (Å²) in [6, 6.07) is 5.64. The molecule has 0 aliphatic heterocycles. The molecule has 0 fully saturated rings. The molecule has 0 atom stereocenters. The summed E-state index contributed by atoms with van der Waals surface area (Å²) in [6.07, 6.45) is 0.347. The van der Waals surface area contributed by atoms with Crippen molar-refractivity contribution < 1.29 is 10.0 Å². The molecule has 0 radical (unpaired) electrons. The number of hydrogen-bond donors (Lipinski definition) is 2. The fraction of sp³-hybridized carbons (Fsp3) is 0.385. The largest absolute Gasteiger partial charge is 0.409 e. The maximum Gasteiger partial charge on any atom is 0.255 e. The van der Waals surface area contributed by atoms with Gasteiger partial charge in [0.05, 0.1) is 5.56 Å². The number of nitrogens with zero attached hydrogens (tertiary/aromatic N) is 2. The number of amides is 1. The van der Waals surface area contributed by atoms with E-state index in [-0.39, 0.29) is 11.7 Å². The average molecular weight is 328 g/mol. The van der Waals surface area contributed by atoms with Gasteiger partial charge < -0.3 is 15.8 Å². The molecule has 1 aromatic rings. The summed E-state index contributed by atoms with van der Waals surface area (Å²) in [4.78, 5) is 14.1. The van der Waals surface area contributed by atoms with Gasteiger partial charge in [0, 0.05) is 24.0 Å². The van der Waals surface area contributed by atoms with E-state index in [9.17, 15) is 4.79 Å². The van der Waals surface area contributed by atoms with Crippen LogP contribution in [0.25, 0.3) is 0 Å². The minimum absolute atomic E-state index is 0.0659. The van der Waals surface area contributed by atoms with Crippen molar-refractivity contribution in [3.8, 4) is 0 Å². The van der Waals surface area contributed by atoms with E-state index >= 15 is 0 Å². The maximum absolute atomic E-state index is 12.4. The minimum Gasteiger partial charge on any atom is -0.409 e. The third-order valence-electron chi connectivity index (χ3n) is 2.79. The van der Waals surface area contributed by atoms with E-state index in [2.05, 4.69) is 21.1 Å². The van der Waals surface area contributed by atoms with Crippen LogP contribution >= 0.6 is 15.9 Å². The van der Waals surface area contributed by atoms with Crippen LogP contribution in [0.2, 0.25) is 0 Å². The number of carbonyl (C=O) groups excluding carboxylic acids is 1. The first kappa shape index (κ1) is 15.5. The Labute approximate surface area is 121 Å². The van der Waals surface area contributed by atoms with E-state index in [0.717, 1.165) is 10.0 Å². The van der Waals surface area contributed by atoms with E-state index in [0.29, 0.717) is 25.1 Å². The number of halogens is 1. The van der Waals surface area contributed by atoms with E-state index in [1.807, 2.05) is 32.0 Å². The normalized spacial score (nSPS) is 11.4. The highest BCUT2D eigenvalue weighted by Gasteiger charge is 2.17. The van der Waals surface area contributed by atoms with Gasteiger partial charge >= 0.3 is 0 Å².